The number of rotatable bonds is 5. The van der Waals surface area contributed by atoms with Gasteiger partial charge in [-0.3, -0.25) is 19.3 Å². The molecule has 0 bridgehead atoms. The fraction of sp³-hybridized carbons (Fsp3) is 0.727. The molecule has 1 saturated heterocycles. The average Bonchev–Trinajstić information content (AvgIpc) is 2.21. The molecule has 7 nitrogen and oxygen atoms in total. The number of piperazine rings is 1. The number of carboxylic acids is 1. The van der Waals surface area contributed by atoms with Crippen molar-refractivity contribution in [2.75, 3.05) is 19.6 Å². The van der Waals surface area contributed by atoms with E-state index in [9.17, 15) is 14.4 Å². The van der Waals surface area contributed by atoms with Gasteiger partial charge in [0, 0.05) is 19.1 Å². The Labute approximate surface area is 106 Å². The number of nitrogens with one attached hydrogen (secondary N) is 2. The summed E-state index contributed by atoms with van der Waals surface area (Å²) in [5, 5.41) is 14.1. The summed E-state index contributed by atoms with van der Waals surface area (Å²) in [5.41, 5.74) is 0. The maximum Gasteiger partial charge on any atom is 0.305 e. The molecule has 1 aliphatic rings. The van der Waals surface area contributed by atoms with Gasteiger partial charge >= 0.3 is 5.97 Å². The Morgan fingerprint density at radius 3 is 2.78 bits per heavy atom. The first-order chi connectivity index (χ1) is 8.40. The van der Waals surface area contributed by atoms with Crippen LogP contribution in [-0.2, 0) is 14.4 Å². The lowest BCUT2D eigenvalue weighted by molar-refractivity contribution is -0.144. The highest BCUT2D eigenvalue weighted by molar-refractivity contribution is 5.87. The molecule has 102 valence electrons. The molecular formula is C11H19N3O4. The number of nitrogens with zero attached hydrogens (tertiary/aromatic N) is 1. The van der Waals surface area contributed by atoms with E-state index >= 15 is 0 Å². The number of aliphatic carboxylic acids is 1. The van der Waals surface area contributed by atoms with Gasteiger partial charge < -0.3 is 15.7 Å². The first-order valence-corrected chi connectivity index (χ1v) is 5.93. The minimum Gasteiger partial charge on any atom is -0.481 e. The van der Waals surface area contributed by atoms with Gasteiger partial charge in [0.05, 0.1) is 13.0 Å². The van der Waals surface area contributed by atoms with Crippen LogP contribution >= 0.6 is 0 Å². The molecule has 2 amide bonds. The largest absolute Gasteiger partial charge is 0.481 e. The molecule has 0 aromatic rings. The normalized spacial score (nSPS) is 20.6. The second kappa shape index (κ2) is 6.34. The van der Waals surface area contributed by atoms with Crippen LogP contribution in [0.1, 0.15) is 20.3 Å². The smallest absolute Gasteiger partial charge is 0.305 e. The number of carboxylic acid groups (broad SMARTS) is 1. The molecule has 0 aliphatic carbocycles. The van der Waals surface area contributed by atoms with E-state index in [0.29, 0.717) is 13.1 Å². The second-order valence-corrected chi connectivity index (χ2v) is 4.60. The van der Waals surface area contributed by atoms with Crippen molar-refractivity contribution in [2.45, 2.75) is 32.4 Å². The van der Waals surface area contributed by atoms with Crippen molar-refractivity contribution in [3.05, 3.63) is 0 Å². The lowest BCUT2D eigenvalue weighted by Gasteiger charge is -2.33. The molecular weight excluding hydrogens is 238 g/mol. The zero-order valence-corrected chi connectivity index (χ0v) is 10.6. The molecule has 1 rings (SSSR count). The van der Waals surface area contributed by atoms with E-state index in [-0.39, 0.29) is 30.8 Å². The second-order valence-electron chi connectivity index (χ2n) is 4.60. The van der Waals surface area contributed by atoms with Crippen molar-refractivity contribution in [3.63, 3.8) is 0 Å². The Morgan fingerprint density at radius 1 is 1.56 bits per heavy atom. The molecule has 1 unspecified atom stereocenters. The lowest BCUT2D eigenvalue weighted by atomic mass is 10.1. The molecule has 0 saturated carbocycles. The van der Waals surface area contributed by atoms with Gasteiger partial charge in [0.2, 0.25) is 11.8 Å². The lowest BCUT2D eigenvalue weighted by Crippen LogP contribution is -2.58. The van der Waals surface area contributed by atoms with Crippen LogP contribution in [0, 0.1) is 0 Å². The first kappa shape index (κ1) is 14.4. The van der Waals surface area contributed by atoms with Crippen LogP contribution in [0.4, 0.5) is 0 Å². The van der Waals surface area contributed by atoms with E-state index in [4.69, 9.17) is 5.11 Å². The van der Waals surface area contributed by atoms with E-state index in [2.05, 4.69) is 10.6 Å². The Kier molecular flexibility index (Phi) is 5.08. The molecule has 7 heteroatoms. The molecule has 1 fully saturated rings. The van der Waals surface area contributed by atoms with Crippen molar-refractivity contribution in [3.8, 4) is 0 Å². The fourth-order valence-corrected chi connectivity index (χ4v) is 1.89. The van der Waals surface area contributed by atoms with Crippen molar-refractivity contribution in [2.24, 2.45) is 0 Å². The maximum absolute atomic E-state index is 11.6. The Morgan fingerprint density at radius 2 is 2.22 bits per heavy atom. The summed E-state index contributed by atoms with van der Waals surface area (Å²) in [6.45, 7) is 4.65. The molecule has 1 aliphatic heterocycles. The Balaban J connectivity index is 2.62. The third-order valence-electron chi connectivity index (χ3n) is 2.61. The summed E-state index contributed by atoms with van der Waals surface area (Å²) in [4.78, 5) is 35.5. The van der Waals surface area contributed by atoms with Crippen LogP contribution in [0.5, 0.6) is 0 Å². The number of hydrogen-bond donors (Lipinski definition) is 3. The molecule has 1 atom stereocenters. The molecule has 18 heavy (non-hydrogen) atoms. The summed E-state index contributed by atoms with van der Waals surface area (Å²) in [5.74, 6) is -1.58. The average molecular weight is 257 g/mol. The predicted molar refractivity (Wildman–Crippen MR) is 63.9 cm³/mol. The van der Waals surface area contributed by atoms with Crippen LogP contribution in [-0.4, -0.2) is 59.5 Å². The number of carbonyl (C=O) groups excluding carboxylic acids is 2. The van der Waals surface area contributed by atoms with Crippen molar-refractivity contribution >= 4 is 17.8 Å². The Bertz CT molecular complexity index is 343. The van der Waals surface area contributed by atoms with Gasteiger partial charge in [-0.15, -0.1) is 0 Å². The van der Waals surface area contributed by atoms with Gasteiger partial charge in [-0.1, -0.05) is 0 Å². The topological polar surface area (TPSA) is 98.7 Å². The highest BCUT2D eigenvalue weighted by Gasteiger charge is 2.32. The van der Waals surface area contributed by atoms with E-state index in [1.807, 2.05) is 13.8 Å². The van der Waals surface area contributed by atoms with E-state index in [1.165, 1.54) is 0 Å². The quantitative estimate of drug-likeness (QED) is 0.574. The summed E-state index contributed by atoms with van der Waals surface area (Å²) < 4.78 is 0. The highest BCUT2D eigenvalue weighted by atomic mass is 16.4. The van der Waals surface area contributed by atoms with E-state index < -0.39 is 12.0 Å². The van der Waals surface area contributed by atoms with Gasteiger partial charge in [-0.2, -0.15) is 0 Å². The molecule has 0 aromatic heterocycles. The predicted octanol–water partition coefficient (Wildman–Crippen LogP) is -1.21. The third-order valence-corrected chi connectivity index (χ3v) is 2.61. The van der Waals surface area contributed by atoms with Crippen molar-refractivity contribution in [1.29, 1.82) is 0 Å². The summed E-state index contributed by atoms with van der Waals surface area (Å²) in [6, 6.07) is -0.747. The van der Waals surface area contributed by atoms with Crippen LogP contribution in [0.3, 0.4) is 0 Å². The SMILES string of the molecule is CC(C)NC(=O)CN1CCNC(=O)C1CC(=O)O. The van der Waals surface area contributed by atoms with Crippen LogP contribution in [0.2, 0.25) is 0 Å². The zero-order chi connectivity index (χ0) is 13.7. The van der Waals surface area contributed by atoms with Gasteiger partial charge in [0.1, 0.15) is 6.04 Å². The van der Waals surface area contributed by atoms with Crippen molar-refractivity contribution < 1.29 is 19.5 Å². The molecule has 0 aromatic carbocycles. The van der Waals surface area contributed by atoms with Crippen LogP contribution in [0.15, 0.2) is 0 Å². The number of hydrogen-bond acceptors (Lipinski definition) is 4. The zero-order valence-electron chi connectivity index (χ0n) is 10.6. The minimum absolute atomic E-state index is 0.0223. The number of carbonyl (C=O) groups is 3. The summed E-state index contributed by atoms with van der Waals surface area (Å²) >= 11 is 0. The van der Waals surface area contributed by atoms with Crippen LogP contribution < -0.4 is 10.6 Å². The standard InChI is InChI=1S/C11H19N3O4/c1-7(2)13-9(15)6-14-4-3-12-11(18)8(14)5-10(16)17/h7-8H,3-6H2,1-2H3,(H,12,18)(H,13,15)(H,16,17). The first-order valence-electron chi connectivity index (χ1n) is 5.93. The molecule has 0 radical (unpaired) electrons. The van der Waals surface area contributed by atoms with Gasteiger partial charge in [0.15, 0.2) is 0 Å². The van der Waals surface area contributed by atoms with Crippen LogP contribution in [0.25, 0.3) is 0 Å². The monoisotopic (exact) mass is 257 g/mol. The Hall–Kier alpha value is -1.63. The molecule has 3 N–H and O–H groups in total. The van der Waals surface area contributed by atoms with E-state index in [0.717, 1.165) is 0 Å². The van der Waals surface area contributed by atoms with Gasteiger partial charge in [0.25, 0.3) is 0 Å². The fourth-order valence-electron chi connectivity index (χ4n) is 1.89. The molecule has 1 heterocycles. The third kappa shape index (κ3) is 4.33. The maximum atomic E-state index is 11.6. The van der Waals surface area contributed by atoms with Gasteiger partial charge in [-0.25, -0.2) is 0 Å². The van der Waals surface area contributed by atoms with Crippen molar-refractivity contribution in [1.82, 2.24) is 15.5 Å². The summed E-state index contributed by atoms with van der Waals surface area (Å²) in [7, 11) is 0. The summed E-state index contributed by atoms with van der Waals surface area (Å²) in [6.07, 6.45) is -0.291. The molecule has 0 spiro atoms. The highest BCUT2D eigenvalue weighted by Crippen LogP contribution is 2.08. The number of amides is 2. The van der Waals surface area contributed by atoms with Gasteiger partial charge in [-0.05, 0) is 13.8 Å². The van der Waals surface area contributed by atoms with E-state index in [1.54, 1.807) is 4.90 Å². The minimum atomic E-state index is -1.05.